The number of carbonyl (C=O) groups excluding carboxylic acids is 2. The molecular weight excluding hydrogens is 366 g/mol. The van der Waals surface area contributed by atoms with Crippen LogP contribution in [-0.2, 0) is 22.7 Å². The summed E-state index contributed by atoms with van der Waals surface area (Å²) in [5.41, 5.74) is 2.19. The van der Waals surface area contributed by atoms with Crippen LogP contribution < -0.4 is 10.6 Å². The van der Waals surface area contributed by atoms with Crippen molar-refractivity contribution in [2.24, 2.45) is 0 Å². The van der Waals surface area contributed by atoms with E-state index >= 15 is 0 Å². The second-order valence-electron chi connectivity index (χ2n) is 7.33. The van der Waals surface area contributed by atoms with Crippen molar-refractivity contribution in [1.82, 2.24) is 15.5 Å². The fourth-order valence-corrected chi connectivity index (χ4v) is 3.54. The number of carbonyl (C=O) groups is 2. The SMILES string of the molecule is O=C(CNC(=O)OCc1ccccc1)NCC1CCCCN1Cc1ccccc1. The van der Waals surface area contributed by atoms with Gasteiger partial charge in [-0.25, -0.2) is 4.79 Å². The maximum absolute atomic E-state index is 12.1. The van der Waals surface area contributed by atoms with Gasteiger partial charge in [0.05, 0.1) is 6.54 Å². The second-order valence-corrected chi connectivity index (χ2v) is 7.33. The van der Waals surface area contributed by atoms with Crippen LogP contribution in [0.2, 0.25) is 0 Å². The van der Waals surface area contributed by atoms with Crippen molar-refractivity contribution in [2.75, 3.05) is 19.6 Å². The Morgan fingerprint density at radius 1 is 0.931 bits per heavy atom. The van der Waals surface area contributed by atoms with E-state index in [1.54, 1.807) is 0 Å². The highest BCUT2D eigenvalue weighted by Gasteiger charge is 2.22. The average molecular weight is 396 g/mol. The standard InChI is InChI=1S/C23H29N3O3/c27-22(16-25-23(28)29-18-20-11-5-2-6-12-20)24-15-21-13-7-8-14-26(21)17-19-9-3-1-4-10-19/h1-6,9-12,21H,7-8,13-18H2,(H,24,27)(H,25,28). The average Bonchev–Trinajstić information content (AvgIpc) is 2.77. The quantitative estimate of drug-likeness (QED) is 0.721. The third-order valence-electron chi connectivity index (χ3n) is 5.12. The Kier molecular flexibility index (Phi) is 8.07. The molecule has 0 saturated carbocycles. The summed E-state index contributed by atoms with van der Waals surface area (Å²) in [6, 6.07) is 20.2. The minimum Gasteiger partial charge on any atom is -0.445 e. The predicted molar refractivity (Wildman–Crippen MR) is 112 cm³/mol. The van der Waals surface area contributed by atoms with Crippen LogP contribution in [0.1, 0.15) is 30.4 Å². The fraction of sp³-hybridized carbons (Fsp3) is 0.391. The highest BCUT2D eigenvalue weighted by Crippen LogP contribution is 2.19. The molecule has 0 bridgehead atoms. The first-order chi connectivity index (χ1) is 14.2. The molecule has 2 N–H and O–H groups in total. The number of hydrogen-bond donors (Lipinski definition) is 2. The Bertz CT molecular complexity index is 767. The first-order valence-electron chi connectivity index (χ1n) is 10.2. The molecule has 2 aromatic carbocycles. The number of alkyl carbamates (subject to hydrolysis) is 1. The van der Waals surface area contributed by atoms with E-state index in [0.29, 0.717) is 12.6 Å². The normalized spacial score (nSPS) is 16.8. The van der Waals surface area contributed by atoms with E-state index in [1.165, 1.54) is 18.4 Å². The molecule has 0 aliphatic carbocycles. The Hall–Kier alpha value is -2.86. The zero-order valence-corrected chi connectivity index (χ0v) is 16.7. The van der Waals surface area contributed by atoms with E-state index in [4.69, 9.17) is 4.74 Å². The predicted octanol–water partition coefficient (Wildman–Crippen LogP) is 3.08. The van der Waals surface area contributed by atoms with Gasteiger partial charge in [0.2, 0.25) is 5.91 Å². The van der Waals surface area contributed by atoms with E-state index in [2.05, 4.69) is 39.8 Å². The molecule has 29 heavy (non-hydrogen) atoms. The van der Waals surface area contributed by atoms with Crippen molar-refractivity contribution in [2.45, 2.75) is 38.5 Å². The van der Waals surface area contributed by atoms with Gasteiger partial charge in [0, 0.05) is 19.1 Å². The summed E-state index contributed by atoms with van der Waals surface area (Å²) >= 11 is 0. The number of ether oxygens (including phenoxy) is 1. The number of nitrogens with zero attached hydrogens (tertiary/aromatic N) is 1. The number of benzene rings is 2. The molecule has 1 aliphatic rings. The summed E-state index contributed by atoms with van der Waals surface area (Å²) in [4.78, 5) is 26.3. The number of hydrogen-bond acceptors (Lipinski definition) is 4. The van der Waals surface area contributed by atoms with E-state index < -0.39 is 6.09 Å². The lowest BCUT2D eigenvalue weighted by Crippen LogP contribution is -2.47. The number of rotatable bonds is 8. The lowest BCUT2D eigenvalue weighted by molar-refractivity contribution is -0.120. The summed E-state index contributed by atoms with van der Waals surface area (Å²) in [5.74, 6) is -0.202. The van der Waals surface area contributed by atoms with Crippen LogP contribution >= 0.6 is 0 Å². The van der Waals surface area contributed by atoms with E-state index in [0.717, 1.165) is 25.1 Å². The molecule has 1 saturated heterocycles. The molecule has 1 aliphatic heterocycles. The fourth-order valence-electron chi connectivity index (χ4n) is 3.54. The molecule has 1 fully saturated rings. The zero-order chi connectivity index (χ0) is 20.3. The largest absolute Gasteiger partial charge is 0.445 e. The van der Waals surface area contributed by atoms with Gasteiger partial charge in [-0.2, -0.15) is 0 Å². The summed E-state index contributed by atoms with van der Waals surface area (Å²) < 4.78 is 5.12. The highest BCUT2D eigenvalue weighted by atomic mass is 16.5. The van der Waals surface area contributed by atoms with Crippen molar-refractivity contribution in [3.8, 4) is 0 Å². The van der Waals surface area contributed by atoms with E-state index in [1.807, 2.05) is 36.4 Å². The van der Waals surface area contributed by atoms with Gasteiger partial charge >= 0.3 is 6.09 Å². The molecule has 6 nitrogen and oxygen atoms in total. The molecule has 1 atom stereocenters. The van der Waals surface area contributed by atoms with Crippen LogP contribution in [0.3, 0.4) is 0 Å². The van der Waals surface area contributed by atoms with Crippen molar-refractivity contribution in [3.05, 3.63) is 71.8 Å². The molecule has 1 heterocycles. The molecule has 2 amide bonds. The second kappa shape index (κ2) is 11.2. The van der Waals surface area contributed by atoms with Crippen molar-refractivity contribution < 1.29 is 14.3 Å². The molecule has 0 aromatic heterocycles. The molecular formula is C23H29N3O3. The minimum atomic E-state index is -0.590. The molecule has 0 radical (unpaired) electrons. The Morgan fingerprint density at radius 3 is 2.34 bits per heavy atom. The van der Waals surface area contributed by atoms with E-state index in [-0.39, 0.29) is 19.1 Å². The smallest absolute Gasteiger partial charge is 0.407 e. The number of nitrogens with one attached hydrogen (secondary N) is 2. The Balaban J connectivity index is 1.36. The van der Waals surface area contributed by atoms with Gasteiger partial charge in [0.15, 0.2) is 0 Å². The van der Waals surface area contributed by atoms with Crippen LogP contribution in [0.5, 0.6) is 0 Å². The number of amides is 2. The molecule has 6 heteroatoms. The van der Waals surface area contributed by atoms with Gasteiger partial charge in [-0.1, -0.05) is 67.1 Å². The summed E-state index contributed by atoms with van der Waals surface area (Å²) in [5, 5.41) is 5.45. The Morgan fingerprint density at radius 2 is 1.62 bits per heavy atom. The van der Waals surface area contributed by atoms with Gasteiger partial charge in [0.1, 0.15) is 6.61 Å². The van der Waals surface area contributed by atoms with Gasteiger partial charge in [-0.05, 0) is 30.5 Å². The van der Waals surface area contributed by atoms with E-state index in [9.17, 15) is 9.59 Å². The zero-order valence-electron chi connectivity index (χ0n) is 16.7. The number of piperidine rings is 1. The van der Waals surface area contributed by atoms with Crippen LogP contribution in [0.15, 0.2) is 60.7 Å². The van der Waals surface area contributed by atoms with Gasteiger partial charge < -0.3 is 15.4 Å². The maximum atomic E-state index is 12.1. The monoisotopic (exact) mass is 395 g/mol. The van der Waals surface area contributed by atoms with Crippen LogP contribution in [0.25, 0.3) is 0 Å². The van der Waals surface area contributed by atoms with Crippen LogP contribution in [-0.4, -0.2) is 42.6 Å². The maximum Gasteiger partial charge on any atom is 0.407 e. The third kappa shape index (κ3) is 7.23. The minimum absolute atomic E-state index is 0.0843. The molecule has 154 valence electrons. The van der Waals surface area contributed by atoms with Crippen LogP contribution in [0.4, 0.5) is 4.79 Å². The highest BCUT2D eigenvalue weighted by molar-refractivity contribution is 5.82. The van der Waals surface area contributed by atoms with Gasteiger partial charge in [0.25, 0.3) is 0 Å². The Labute approximate surface area is 172 Å². The van der Waals surface area contributed by atoms with Crippen molar-refractivity contribution in [1.29, 1.82) is 0 Å². The van der Waals surface area contributed by atoms with Gasteiger partial charge in [-0.15, -0.1) is 0 Å². The molecule has 1 unspecified atom stereocenters. The number of likely N-dealkylation sites (tertiary alicyclic amines) is 1. The third-order valence-corrected chi connectivity index (χ3v) is 5.12. The molecule has 0 spiro atoms. The molecule has 3 rings (SSSR count). The van der Waals surface area contributed by atoms with Gasteiger partial charge in [-0.3, -0.25) is 9.69 Å². The summed E-state index contributed by atoms with van der Waals surface area (Å²) in [6.45, 7) is 2.63. The summed E-state index contributed by atoms with van der Waals surface area (Å²) in [7, 11) is 0. The molecule has 2 aromatic rings. The lowest BCUT2D eigenvalue weighted by atomic mass is 10.0. The summed E-state index contributed by atoms with van der Waals surface area (Å²) in [6.07, 6.45) is 2.84. The first-order valence-corrected chi connectivity index (χ1v) is 10.2. The lowest BCUT2D eigenvalue weighted by Gasteiger charge is -2.35. The van der Waals surface area contributed by atoms with Crippen molar-refractivity contribution >= 4 is 12.0 Å². The first kappa shape index (κ1) is 20.9. The van der Waals surface area contributed by atoms with Crippen molar-refractivity contribution in [3.63, 3.8) is 0 Å². The van der Waals surface area contributed by atoms with Crippen LogP contribution in [0, 0.1) is 0 Å². The topological polar surface area (TPSA) is 70.7 Å².